The van der Waals surface area contributed by atoms with E-state index in [1.54, 1.807) is 7.05 Å². The van der Waals surface area contributed by atoms with E-state index >= 15 is 0 Å². The van der Waals surface area contributed by atoms with Crippen molar-refractivity contribution in [2.75, 3.05) is 46.4 Å². The predicted octanol–water partition coefficient (Wildman–Crippen LogP) is 0.986. The highest BCUT2D eigenvalue weighted by atomic mass is 16.5. The van der Waals surface area contributed by atoms with Crippen molar-refractivity contribution in [2.24, 2.45) is 5.92 Å². The standard InChI is InChI=1S/C19H27N3O3/c1-20-18(23)16-13-21(17-7-11-25-12-8-17)9-10-22(14-16)19(24)15-5-3-2-4-6-15/h2-6,16-17H,7-14H2,1H3,(H,20,23)/t16-/m0/s1. The third-order valence-corrected chi connectivity index (χ3v) is 5.19. The van der Waals surface area contributed by atoms with Crippen molar-refractivity contribution in [1.29, 1.82) is 0 Å². The minimum Gasteiger partial charge on any atom is -0.381 e. The first-order valence-electron chi connectivity index (χ1n) is 9.06. The van der Waals surface area contributed by atoms with Crippen LogP contribution in [-0.2, 0) is 9.53 Å². The number of carbonyl (C=O) groups is 2. The molecular weight excluding hydrogens is 318 g/mol. The van der Waals surface area contributed by atoms with Gasteiger partial charge in [0.25, 0.3) is 5.91 Å². The van der Waals surface area contributed by atoms with Crippen molar-refractivity contribution in [3.05, 3.63) is 35.9 Å². The lowest BCUT2D eigenvalue weighted by atomic mass is 10.0. The summed E-state index contributed by atoms with van der Waals surface area (Å²) in [5.41, 5.74) is 0.678. The van der Waals surface area contributed by atoms with E-state index in [0.29, 0.717) is 31.2 Å². The normalized spacial score (nSPS) is 23.1. The summed E-state index contributed by atoms with van der Waals surface area (Å²) in [6.07, 6.45) is 1.99. The second kappa shape index (κ2) is 8.45. The van der Waals surface area contributed by atoms with Crippen molar-refractivity contribution in [2.45, 2.75) is 18.9 Å². The highest BCUT2D eigenvalue weighted by Gasteiger charge is 2.33. The minimum absolute atomic E-state index is 0.00308. The first kappa shape index (κ1) is 17.9. The van der Waals surface area contributed by atoms with Crippen LogP contribution in [0.15, 0.2) is 30.3 Å². The summed E-state index contributed by atoms with van der Waals surface area (Å²) < 4.78 is 5.46. The SMILES string of the molecule is CNC(=O)[C@@H]1CN(C(=O)c2ccccc2)CCN(C2CCOCC2)C1. The first-order valence-corrected chi connectivity index (χ1v) is 9.06. The van der Waals surface area contributed by atoms with Gasteiger partial charge in [0.1, 0.15) is 0 Å². The van der Waals surface area contributed by atoms with Crippen LogP contribution in [0.1, 0.15) is 23.2 Å². The zero-order valence-electron chi connectivity index (χ0n) is 14.8. The smallest absolute Gasteiger partial charge is 0.253 e. The summed E-state index contributed by atoms with van der Waals surface area (Å²) in [4.78, 5) is 29.4. The minimum atomic E-state index is -0.206. The van der Waals surface area contributed by atoms with Crippen molar-refractivity contribution >= 4 is 11.8 Å². The van der Waals surface area contributed by atoms with Crippen LogP contribution < -0.4 is 5.32 Å². The van der Waals surface area contributed by atoms with Gasteiger partial charge in [0.05, 0.1) is 5.92 Å². The van der Waals surface area contributed by atoms with E-state index in [2.05, 4.69) is 10.2 Å². The highest BCUT2D eigenvalue weighted by Crippen LogP contribution is 2.20. The van der Waals surface area contributed by atoms with Gasteiger partial charge in [-0.3, -0.25) is 14.5 Å². The molecule has 1 aromatic rings. The molecule has 1 atom stereocenters. The van der Waals surface area contributed by atoms with Gasteiger partial charge in [0.15, 0.2) is 0 Å². The molecule has 136 valence electrons. The van der Waals surface area contributed by atoms with Crippen LogP contribution in [0.4, 0.5) is 0 Å². The topological polar surface area (TPSA) is 61.9 Å². The van der Waals surface area contributed by atoms with Gasteiger partial charge in [-0.15, -0.1) is 0 Å². The van der Waals surface area contributed by atoms with E-state index in [-0.39, 0.29) is 17.7 Å². The lowest BCUT2D eigenvalue weighted by Gasteiger charge is -2.34. The number of nitrogens with one attached hydrogen (secondary N) is 1. The molecule has 0 saturated carbocycles. The van der Waals surface area contributed by atoms with Gasteiger partial charge in [-0.2, -0.15) is 0 Å². The zero-order chi connectivity index (χ0) is 17.6. The maximum atomic E-state index is 12.8. The van der Waals surface area contributed by atoms with Crippen LogP contribution in [0.5, 0.6) is 0 Å². The van der Waals surface area contributed by atoms with Gasteiger partial charge in [-0.05, 0) is 25.0 Å². The molecular formula is C19H27N3O3. The fourth-order valence-corrected chi connectivity index (χ4v) is 3.74. The largest absolute Gasteiger partial charge is 0.381 e. The molecule has 2 aliphatic rings. The molecule has 2 heterocycles. The van der Waals surface area contributed by atoms with Gasteiger partial charge in [0.2, 0.25) is 5.91 Å². The summed E-state index contributed by atoms with van der Waals surface area (Å²) in [7, 11) is 1.66. The number of amides is 2. The summed E-state index contributed by atoms with van der Waals surface area (Å²) in [6, 6.07) is 9.74. The molecule has 25 heavy (non-hydrogen) atoms. The number of carbonyl (C=O) groups excluding carboxylic acids is 2. The molecule has 1 N–H and O–H groups in total. The van der Waals surface area contributed by atoms with Crippen LogP contribution in [0, 0.1) is 5.92 Å². The quantitative estimate of drug-likeness (QED) is 0.887. The fourth-order valence-electron chi connectivity index (χ4n) is 3.74. The average molecular weight is 345 g/mol. The molecule has 0 unspecified atom stereocenters. The van der Waals surface area contributed by atoms with Crippen LogP contribution in [0.3, 0.4) is 0 Å². The van der Waals surface area contributed by atoms with Gasteiger partial charge < -0.3 is 15.0 Å². The zero-order valence-corrected chi connectivity index (χ0v) is 14.8. The van der Waals surface area contributed by atoms with Crippen LogP contribution in [0.25, 0.3) is 0 Å². The molecule has 2 aliphatic heterocycles. The molecule has 0 aromatic heterocycles. The Morgan fingerprint density at radius 2 is 1.80 bits per heavy atom. The average Bonchev–Trinajstić information content (AvgIpc) is 2.91. The Kier molecular flexibility index (Phi) is 6.04. The molecule has 6 nitrogen and oxygen atoms in total. The van der Waals surface area contributed by atoms with E-state index in [0.717, 1.165) is 32.6 Å². The third kappa shape index (κ3) is 4.38. The van der Waals surface area contributed by atoms with Crippen molar-refractivity contribution in [1.82, 2.24) is 15.1 Å². The Morgan fingerprint density at radius 3 is 2.48 bits per heavy atom. The number of ether oxygens (including phenoxy) is 1. The number of rotatable bonds is 3. The molecule has 0 radical (unpaired) electrons. The van der Waals surface area contributed by atoms with Crippen LogP contribution in [-0.4, -0.2) is 74.1 Å². The molecule has 3 rings (SSSR count). The Balaban J connectivity index is 1.75. The summed E-state index contributed by atoms with van der Waals surface area (Å²) in [6.45, 7) is 4.17. The molecule has 2 saturated heterocycles. The van der Waals surface area contributed by atoms with Gasteiger partial charge in [0, 0.05) is 58.0 Å². The van der Waals surface area contributed by atoms with Gasteiger partial charge in [-0.25, -0.2) is 0 Å². The van der Waals surface area contributed by atoms with E-state index in [1.807, 2.05) is 35.2 Å². The summed E-state index contributed by atoms with van der Waals surface area (Å²) in [5.74, 6) is -0.198. The number of hydrogen-bond acceptors (Lipinski definition) is 4. The van der Waals surface area contributed by atoms with Crippen molar-refractivity contribution < 1.29 is 14.3 Å². The Hall–Kier alpha value is -1.92. The molecule has 2 fully saturated rings. The summed E-state index contributed by atoms with van der Waals surface area (Å²) in [5, 5.41) is 2.76. The van der Waals surface area contributed by atoms with Gasteiger partial charge in [-0.1, -0.05) is 18.2 Å². The third-order valence-electron chi connectivity index (χ3n) is 5.19. The summed E-state index contributed by atoms with van der Waals surface area (Å²) >= 11 is 0. The highest BCUT2D eigenvalue weighted by molar-refractivity contribution is 5.94. The van der Waals surface area contributed by atoms with Crippen molar-refractivity contribution in [3.63, 3.8) is 0 Å². The maximum Gasteiger partial charge on any atom is 0.253 e. The molecule has 2 amide bonds. The second-order valence-corrected chi connectivity index (χ2v) is 6.77. The molecule has 0 spiro atoms. The molecule has 1 aromatic carbocycles. The van der Waals surface area contributed by atoms with Crippen LogP contribution in [0.2, 0.25) is 0 Å². The second-order valence-electron chi connectivity index (χ2n) is 6.77. The predicted molar refractivity (Wildman–Crippen MR) is 95.3 cm³/mol. The molecule has 0 aliphatic carbocycles. The number of hydrogen-bond donors (Lipinski definition) is 1. The number of nitrogens with zero attached hydrogens (tertiary/aromatic N) is 2. The maximum absolute atomic E-state index is 12.8. The lowest BCUT2D eigenvalue weighted by Crippen LogP contribution is -2.45. The number of benzene rings is 1. The monoisotopic (exact) mass is 345 g/mol. The fraction of sp³-hybridized carbons (Fsp3) is 0.579. The molecule has 6 heteroatoms. The Labute approximate surface area is 149 Å². The van der Waals surface area contributed by atoms with Crippen LogP contribution >= 0.6 is 0 Å². The molecule has 0 bridgehead atoms. The lowest BCUT2D eigenvalue weighted by molar-refractivity contribution is -0.125. The van der Waals surface area contributed by atoms with Crippen molar-refractivity contribution in [3.8, 4) is 0 Å². The first-order chi connectivity index (χ1) is 12.2. The van der Waals surface area contributed by atoms with E-state index in [9.17, 15) is 9.59 Å². The van der Waals surface area contributed by atoms with E-state index in [1.165, 1.54) is 0 Å². The Morgan fingerprint density at radius 1 is 1.08 bits per heavy atom. The van der Waals surface area contributed by atoms with E-state index in [4.69, 9.17) is 4.74 Å². The van der Waals surface area contributed by atoms with E-state index < -0.39 is 0 Å². The Bertz CT molecular complexity index is 587. The van der Waals surface area contributed by atoms with Gasteiger partial charge >= 0.3 is 0 Å².